The van der Waals surface area contributed by atoms with Crippen LogP contribution in [0.25, 0.3) is 0 Å². The van der Waals surface area contributed by atoms with Crippen molar-refractivity contribution in [3.63, 3.8) is 0 Å². The average molecular weight is 1480 g/mol. The molecule has 0 heterocycles. The molecule has 101 heavy (non-hydrogen) atoms. The molecule has 0 rings (SSSR count). The van der Waals surface area contributed by atoms with E-state index >= 15 is 0 Å². The van der Waals surface area contributed by atoms with Gasteiger partial charge < -0.3 is 33.8 Å². The van der Waals surface area contributed by atoms with E-state index in [9.17, 15) is 43.2 Å². The molecule has 2 unspecified atom stereocenters. The maximum Gasteiger partial charge on any atom is 0.472 e. The molecule has 0 saturated heterocycles. The zero-order valence-corrected chi connectivity index (χ0v) is 67.8. The van der Waals surface area contributed by atoms with E-state index in [1.54, 1.807) is 0 Å². The van der Waals surface area contributed by atoms with Gasteiger partial charge in [0.2, 0.25) is 0 Å². The smallest absolute Gasteiger partial charge is 0.462 e. The number of phosphoric ester groups is 2. The maximum atomic E-state index is 13.1. The molecule has 0 aliphatic rings. The average Bonchev–Trinajstić information content (AvgIpc) is 0.942. The zero-order chi connectivity index (χ0) is 74.1. The van der Waals surface area contributed by atoms with Crippen LogP contribution in [-0.2, 0) is 65.4 Å². The van der Waals surface area contributed by atoms with Crippen LogP contribution in [0.2, 0.25) is 0 Å². The Hall–Kier alpha value is -1.94. The Balaban J connectivity index is 5.21. The summed E-state index contributed by atoms with van der Waals surface area (Å²) in [7, 11) is -9.92. The molecule has 3 N–H and O–H groups in total. The predicted molar refractivity (Wildman–Crippen MR) is 414 cm³/mol. The van der Waals surface area contributed by atoms with Gasteiger partial charge in [-0.3, -0.25) is 37.3 Å². The summed E-state index contributed by atoms with van der Waals surface area (Å²) in [6.07, 6.45) is 66.7. The van der Waals surface area contributed by atoms with E-state index in [1.165, 1.54) is 263 Å². The predicted octanol–water partition coefficient (Wildman–Crippen LogP) is 24.8. The molecule has 0 radical (unpaired) electrons. The second kappa shape index (κ2) is 74.9. The van der Waals surface area contributed by atoms with Crippen molar-refractivity contribution in [2.45, 2.75) is 457 Å². The van der Waals surface area contributed by atoms with Crippen LogP contribution in [-0.4, -0.2) is 96.7 Å². The van der Waals surface area contributed by atoms with Crippen molar-refractivity contribution < 1.29 is 80.2 Å². The quantitative estimate of drug-likeness (QED) is 0.0222. The molecule has 0 aromatic heterocycles. The van der Waals surface area contributed by atoms with E-state index in [1.807, 2.05) is 0 Å². The molecule has 0 aliphatic heterocycles. The van der Waals surface area contributed by atoms with Crippen molar-refractivity contribution in [3.05, 3.63) is 0 Å². The highest BCUT2D eigenvalue weighted by molar-refractivity contribution is 7.47. The van der Waals surface area contributed by atoms with Crippen molar-refractivity contribution in [3.8, 4) is 0 Å². The van der Waals surface area contributed by atoms with E-state index in [0.29, 0.717) is 25.7 Å². The van der Waals surface area contributed by atoms with Gasteiger partial charge in [-0.1, -0.05) is 388 Å². The van der Waals surface area contributed by atoms with Crippen molar-refractivity contribution in [1.82, 2.24) is 0 Å². The number of ether oxygens (including phenoxy) is 4. The lowest BCUT2D eigenvalue weighted by atomic mass is 10.0. The summed E-state index contributed by atoms with van der Waals surface area (Å²) in [5, 5.41) is 10.6. The summed E-state index contributed by atoms with van der Waals surface area (Å²) >= 11 is 0. The summed E-state index contributed by atoms with van der Waals surface area (Å²) in [4.78, 5) is 73.0. The van der Waals surface area contributed by atoms with Gasteiger partial charge in [0, 0.05) is 25.7 Å². The lowest BCUT2D eigenvalue weighted by molar-refractivity contribution is -0.161. The Bertz CT molecular complexity index is 1930. The van der Waals surface area contributed by atoms with Gasteiger partial charge in [0.15, 0.2) is 12.2 Å². The Labute approximate surface area is 619 Å². The van der Waals surface area contributed by atoms with Crippen molar-refractivity contribution >= 4 is 39.5 Å². The van der Waals surface area contributed by atoms with Crippen molar-refractivity contribution in [1.29, 1.82) is 0 Å². The first-order valence-corrected chi connectivity index (χ1v) is 45.6. The number of rotatable bonds is 82. The molecular formula is C82H160O17P2. The zero-order valence-electron chi connectivity index (χ0n) is 66.1. The van der Waals surface area contributed by atoms with Gasteiger partial charge in [-0.25, -0.2) is 9.13 Å². The van der Waals surface area contributed by atoms with Crippen LogP contribution < -0.4 is 0 Å². The summed E-state index contributed by atoms with van der Waals surface area (Å²) in [6, 6.07) is 0. The fourth-order valence-electron chi connectivity index (χ4n) is 12.8. The fraction of sp³-hybridized carbons (Fsp3) is 0.951. The number of carbonyl (C=O) groups is 4. The van der Waals surface area contributed by atoms with Crippen molar-refractivity contribution in [2.75, 3.05) is 39.6 Å². The van der Waals surface area contributed by atoms with Gasteiger partial charge in [0.05, 0.1) is 26.4 Å². The third kappa shape index (κ3) is 76.1. The summed E-state index contributed by atoms with van der Waals surface area (Å²) in [5.41, 5.74) is 0. The number of unbranched alkanes of at least 4 members (excludes halogenated alkanes) is 54. The molecule has 5 atom stereocenters. The maximum absolute atomic E-state index is 13.1. The highest BCUT2D eigenvalue weighted by Crippen LogP contribution is 2.45. The number of hydrogen-bond donors (Lipinski definition) is 3. The highest BCUT2D eigenvalue weighted by atomic mass is 31.2. The molecule has 0 aromatic carbocycles. The SMILES string of the molecule is CCCCCCCCCCCCCCCCCCCCCCCCC(=O)O[C@H](COC(=O)CCCCCCCCCCCCCCCCC)COP(=O)(O)OC[C@@H](O)COP(=O)(O)OC[C@@H](COC(=O)CCCCCCCCCCC(C)C)OC(=O)CCCCCCCCCCCCCCC. The molecule has 600 valence electrons. The number of aliphatic hydroxyl groups is 1. The van der Waals surface area contributed by atoms with Gasteiger partial charge in [-0.2, -0.15) is 0 Å². The molecule has 0 saturated carbocycles. The minimum Gasteiger partial charge on any atom is -0.462 e. The minimum absolute atomic E-state index is 0.108. The van der Waals surface area contributed by atoms with Gasteiger partial charge in [0.25, 0.3) is 0 Å². The van der Waals surface area contributed by atoms with Crippen LogP contribution in [0.4, 0.5) is 0 Å². The van der Waals surface area contributed by atoms with Crippen LogP contribution in [0.1, 0.15) is 439 Å². The van der Waals surface area contributed by atoms with E-state index in [2.05, 4.69) is 34.6 Å². The topological polar surface area (TPSA) is 237 Å². The largest absolute Gasteiger partial charge is 0.472 e. The Morgan fingerprint density at radius 2 is 0.455 bits per heavy atom. The third-order valence-electron chi connectivity index (χ3n) is 19.3. The molecule has 0 spiro atoms. The second-order valence-corrected chi connectivity index (χ2v) is 32.9. The number of phosphoric acid groups is 2. The first kappa shape index (κ1) is 99.1. The minimum atomic E-state index is -4.96. The standard InChI is InChI=1S/C82H160O17P2/c1-6-9-12-15-18-21-24-27-29-30-31-32-33-34-35-37-40-43-46-53-58-63-68-82(87)98-77(71-92-79(84)65-60-55-50-44-41-39-36-28-25-22-19-16-13-10-7-2)73-96-100(88,89)94-69-76(83)70-95-101(90,91)97-74-78(72-93-80(85)66-61-56-51-48-47-49-54-59-64-75(4)5)99-81(86)67-62-57-52-45-42-38-26-23-20-17-14-11-8-3/h75-78,83H,6-74H2,1-5H3,(H,88,89)(H,90,91)/t76-,77-,78-/m1/s1. The number of aliphatic hydroxyl groups excluding tert-OH is 1. The molecular weight excluding hydrogens is 1320 g/mol. The molecule has 17 nitrogen and oxygen atoms in total. The van der Waals surface area contributed by atoms with E-state index in [4.69, 9.17) is 37.0 Å². The van der Waals surface area contributed by atoms with E-state index < -0.39 is 97.5 Å². The number of hydrogen-bond acceptors (Lipinski definition) is 15. The van der Waals surface area contributed by atoms with Gasteiger partial charge in [-0.05, 0) is 31.6 Å². The monoisotopic (exact) mass is 1480 g/mol. The van der Waals surface area contributed by atoms with E-state index in [-0.39, 0.29) is 25.7 Å². The van der Waals surface area contributed by atoms with Crippen LogP contribution >= 0.6 is 15.6 Å². The molecule has 19 heteroatoms. The van der Waals surface area contributed by atoms with Crippen LogP contribution in [0.15, 0.2) is 0 Å². The second-order valence-electron chi connectivity index (χ2n) is 30.0. The van der Waals surface area contributed by atoms with Crippen molar-refractivity contribution in [2.24, 2.45) is 5.92 Å². The molecule has 0 fully saturated rings. The molecule has 0 aliphatic carbocycles. The Morgan fingerprint density at radius 3 is 0.673 bits per heavy atom. The lowest BCUT2D eigenvalue weighted by Crippen LogP contribution is -2.30. The summed E-state index contributed by atoms with van der Waals surface area (Å²) < 4.78 is 68.7. The molecule has 0 amide bonds. The van der Waals surface area contributed by atoms with E-state index in [0.717, 1.165) is 95.8 Å². The van der Waals surface area contributed by atoms with Gasteiger partial charge in [0.1, 0.15) is 19.3 Å². The van der Waals surface area contributed by atoms with Crippen LogP contribution in [0, 0.1) is 5.92 Å². The fourth-order valence-corrected chi connectivity index (χ4v) is 14.3. The summed E-state index contributed by atoms with van der Waals surface area (Å²) in [5.74, 6) is -1.38. The number of esters is 4. The first-order chi connectivity index (χ1) is 49.0. The van der Waals surface area contributed by atoms with Crippen LogP contribution in [0.3, 0.4) is 0 Å². The first-order valence-electron chi connectivity index (χ1n) is 42.6. The third-order valence-corrected chi connectivity index (χ3v) is 21.2. The Kier molecular flexibility index (Phi) is 73.5. The van der Waals surface area contributed by atoms with Gasteiger partial charge >= 0.3 is 39.5 Å². The molecule has 0 aromatic rings. The van der Waals surface area contributed by atoms with Gasteiger partial charge in [-0.15, -0.1) is 0 Å². The Morgan fingerprint density at radius 1 is 0.267 bits per heavy atom. The van der Waals surface area contributed by atoms with Crippen LogP contribution in [0.5, 0.6) is 0 Å². The summed E-state index contributed by atoms with van der Waals surface area (Å²) in [6.45, 7) is 7.30. The lowest BCUT2D eigenvalue weighted by Gasteiger charge is -2.21. The normalized spacial score (nSPS) is 13.8. The highest BCUT2D eigenvalue weighted by Gasteiger charge is 2.30. The number of carbonyl (C=O) groups excluding carboxylic acids is 4. The molecule has 0 bridgehead atoms.